The van der Waals surface area contributed by atoms with Gasteiger partial charge >= 0.3 is 5.97 Å². The molecule has 0 fully saturated rings. The highest BCUT2D eigenvalue weighted by molar-refractivity contribution is 7.17. The number of rotatable bonds is 4. The molecule has 1 aliphatic rings. The van der Waals surface area contributed by atoms with Gasteiger partial charge in [-0.25, -0.2) is 4.79 Å². The Labute approximate surface area is 167 Å². The van der Waals surface area contributed by atoms with E-state index in [1.807, 2.05) is 54.6 Å². The van der Waals surface area contributed by atoms with Gasteiger partial charge in [0.1, 0.15) is 17.2 Å². The maximum Gasteiger partial charge on any atom is 0.349 e. The minimum absolute atomic E-state index is 0.283. The zero-order valence-electron chi connectivity index (χ0n) is 15.5. The Morgan fingerprint density at radius 2 is 1.82 bits per heavy atom. The molecule has 0 N–H and O–H groups in total. The Kier molecular flexibility index (Phi) is 4.88. The quantitative estimate of drug-likeness (QED) is 0.612. The number of carbonyl (C=O) groups is 2. The van der Waals surface area contributed by atoms with E-state index >= 15 is 0 Å². The van der Waals surface area contributed by atoms with E-state index < -0.39 is 12.1 Å². The summed E-state index contributed by atoms with van der Waals surface area (Å²) in [5.41, 5.74) is 2.67. The second kappa shape index (κ2) is 7.48. The smallest absolute Gasteiger partial charge is 0.349 e. The fraction of sp³-hybridized carbons (Fsp3) is 0.182. The number of thiophene rings is 1. The number of para-hydroxylation sites is 2. The molecule has 0 unspecified atom stereocenters. The van der Waals surface area contributed by atoms with Crippen LogP contribution >= 0.6 is 11.3 Å². The van der Waals surface area contributed by atoms with Crippen LogP contribution in [0, 0.1) is 0 Å². The SMILES string of the molecule is C[C@@H](OC(=O)c1cc2c(s1)-c1ccccc1OC2)C(=O)N(C)c1ccccc1. The topological polar surface area (TPSA) is 55.8 Å². The van der Waals surface area contributed by atoms with Crippen molar-refractivity contribution in [1.82, 2.24) is 0 Å². The molecule has 3 aromatic rings. The fourth-order valence-electron chi connectivity index (χ4n) is 3.12. The third kappa shape index (κ3) is 3.39. The van der Waals surface area contributed by atoms with Gasteiger partial charge in [-0.15, -0.1) is 11.3 Å². The van der Waals surface area contributed by atoms with Crippen LogP contribution in [0.4, 0.5) is 5.69 Å². The van der Waals surface area contributed by atoms with Gasteiger partial charge in [0.25, 0.3) is 5.91 Å². The lowest BCUT2D eigenvalue weighted by Gasteiger charge is -2.21. The van der Waals surface area contributed by atoms with Gasteiger partial charge in [0.2, 0.25) is 0 Å². The van der Waals surface area contributed by atoms with Crippen molar-refractivity contribution >= 4 is 28.9 Å². The van der Waals surface area contributed by atoms with Crippen LogP contribution in [-0.2, 0) is 16.1 Å². The maximum absolute atomic E-state index is 12.6. The molecule has 2 heterocycles. The second-order valence-corrected chi connectivity index (χ2v) is 7.58. The van der Waals surface area contributed by atoms with Crippen molar-refractivity contribution in [3.8, 4) is 16.2 Å². The Morgan fingerprint density at radius 1 is 1.11 bits per heavy atom. The van der Waals surface area contributed by atoms with E-state index in [1.54, 1.807) is 20.0 Å². The van der Waals surface area contributed by atoms with Crippen molar-refractivity contribution in [3.05, 3.63) is 71.1 Å². The van der Waals surface area contributed by atoms with Crippen LogP contribution in [0.2, 0.25) is 0 Å². The summed E-state index contributed by atoms with van der Waals surface area (Å²) in [6.07, 6.45) is -0.889. The number of carbonyl (C=O) groups excluding carboxylic acids is 2. The first kappa shape index (κ1) is 18.3. The van der Waals surface area contributed by atoms with E-state index in [4.69, 9.17) is 9.47 Å². The van der Waals surface area contributed by atoms with Crippen molar-refractivity contribution in [2.24, 2.45) is 0 Å². The van der Waals surface area contributed by atoms with Crippen LogP contribution in [0.15, 0.2) is 60.7 Å². The molecule has 1 aromatic heterocycles. The number of esters is 1. The van der Waals surface area contributed by atoms with Gasteiger partial charge in [-0.05, 0) is 37.3 Å². The van der Waals surface area contributed by atoms with Gasteiger partial charge in [0.15, 0.2) is 6.10 Å². The minimum Gasteiger partial charge on any atom is -0.488 e. The highest BCUT2D eigenvalue weighted by atomic mass is 32.1. The van der Waals surface area contributed by atoms with Crippen LogP contribution in [0.3, 0.4) is 0 Å². The van der Waals surface area contributed by atoms with Crippen molar-refractivity contribution in [2.45, 2.75) is 19.6 Å². The fourth-order valence-corrected chi connectivity index (χ4v) is 4.20. The van der Waals surface area contributed by atoms with Crippen molar-refractivity contribution in [3.63, 3.8) is 0 Å². The zero-order chi connectivity index (χ0) is 19.7. The average molecular weight is 393 g/mol. The summed E-state index contributed by atoms with van der Waals surface area (Å²) < 4.78 is 11.2. The Morgan fingerprint density at radius 3 is 2.61 bits per heavy atom. The van der Waals surface area contributed by atoms with Crippen molar-refractivity contribution in [2.75, 3.05) is 11.9 Å². The van der Waals surface area contributed by atoms with E-state index in [-0.39, 0.29) is 5.91 Å². The molecule has 4 rings (SSSR count). The largest absolute Gasteiger partial charge is 0.488 e. The summed E-state index contributed by atoms with van der Waals surface area (Å²) in [4.78, 5) is 28.2. The van der Waals surface area contributed by atoms with E-state index in [0.717, 1.165) is 27.4 Å². The summed E-state index contributed by atoms with van der Waals surface area (Å²) in [7, 11) is 1.67. The van der Waals surface area contributed by atoms with Crippen LogP contribution in [0.1, 0.15) is 22.2 Å². The van der Waals surface area contributed by atoms with Crippen LogP contribution in [-0.4, -0.2) is 25.0 Å². The lowest BCUT2D eigenvalue weighted by Crippen LogP contribution is -2.37. The van der Waals surface area contributed by atoms with Gasteiger partial charge in [-0.2, -0.15) is 0 Å². The molecule has 1 amide bonds. The predicted octanol–water partition coefficient (Wildman–Crippen LogP) is 4.52. The van der Waals surface area contributed by atoms with Crippen LogP contribution < -0.4 is 9.64 Å². The minimum atomic E-state index is -0.889. The standard InChI is InChI=1S/C22H19NO4S/c1-14(21(24)23(2)16-8-4-3-5-9-16)27-22(25)19-12-15-13-26-18-11-7-6-10-17(18)20(15)28-19/h3-12,14H,13H2,1-2H3/t14-/m1/s1. The number of benzene rings is 2. The predicted molar refractivity (Wildman–Crippen MR) is 109 cm³/mol. The summed E-state index contributed by atoms with van der Waals surface area (Å²) in [6, 6.07) is 18.8. The normalized spacial score (nSPS) is 12.9. The van der Waals surface area contributed by atoms with Crippen LogP contribution in [0.5, 0.6) is 5.75 Å². The number of amides is 1. The molecule has 0 saturated carbocycles. The maximum atomic E-state index is 12.6. The molecule has 1 aliphatic heterocycles. The van der Waals surface area contributed by atoms with Gasteiger partial charge in [-0.1, -0.05) is 30.3 Å². The van der Waals surface area contributed by atoms with Gasteiger partial charge in [0, 0.05) is 28.7 Å². The number of anilines is 1. The highest BCUT2D eigenvalue weighted by Crippen LogP contribution is 2.42. The lowest BCUT2D eigenvalue weighted by atomic mass is 10.1. The summed E-state index contributed by atoms with van der Waals surface area (Å²) in [6.45, 7) is 2.01. The number of nitrogens with zero attached hydrogens (tertiary/aromatic N) is 1. The van der Waals surface area contributed by atoms with E-state index in [0.29, 0.717) is 11.5 Å². The zero-order valence-corrected chi connectivity index (χ0v) is 16.4. The first-order valence-electron chi connectivity index (χ1n) is 8.93. The first-order chi connectivity index (χ1) is 13.5. The summed E-state index contributed by atoms with van der Waals surface area (Å²) in [5, 5.41) is 0. The summed E-state index contributed by atoms with van der Waals surface area (Å²) >= 11 is 1.37. The third-order valence-corrected chi connectivity index (χ3v) is 5.82. The molecule has 0 bridgehead atoms. The Balaban J connectivity index is 1.49. The molecule has 1 atom stereocenters. The second-order valence-electron chi connectivity index (χ2n) is 6.53. The first-order valence-corrected chi connectivity index (χ1v) is 9.75. The van der Waals surface area contributed by atoms with Crippen molar-refractivity contribution < 1.29 is 19.1 Å². The monoisotopic (exact) mass is 393 g/mol. The molecule has 2 aromatic carbocycles. The Hall–Kier alpha value is -3.12. The number of hydrogen-bond acceptors (Lipinski definition) is 5. The molecule has 5 nitrogen and oxygen atoms in total. The molecular formula is C22H19NO4S. The number of likely N-dealkylation sites (N-methyl/N-ethyl adjacent to an activating group) is 1. The van der Waals surface area contributed by atoms with Gasteiger partial charge in [-0.3, -0.25) is 4.79 Å². The van der Waals surface area contributed by atoms with E-state index in [2.05, 4.69) is 0 Å². The number of ether oxygens (including phenoxy) is 2. The molecule has 28 heavy (non-hydrogen) atoms. The van der Waals surface area contributed by atoms with Crippen LogP contribution in [0.25, 0.3) is 10.4 Å². The molecule has 0 spiro atoms. The highest BCUT2D eigenvalue weighted by Gasteiger charge is 2.26. The molecule has 0 aliphatic carbocycles. The van der Waals surface area contributed by atoms with E-state index in [1.165, 1.54) is 16.2 Å². The van der Waals surface area contributed by atoms with Gasteiger partial charge < -0.3 is 14.4 Å². The van der Waals surface area contributed by atoms with E-state index in [9.17, 15) is 9.59 Å². The summed E-state index contributed by atoms with van der Waals surface area (Å²) in [5.74, 6) is 0.0264. The number of fused-ring (bicyclic) bond motifs is 3. The average Bonchev–Trinajstić information content (AvgIpc) is 3.18. The van der Waals surface area contributed by atoms with Crippen molar-refractivity contribution in [1.29, 1.82) is 0 Å². The molecular weight excluding hydrogens is 374 g/mol. The third-order valence-electron chi connectivity index (χ3n) is 4.63. The molecule has 142 valence electrons. The Bertz CT molecular complexity index is 1030. The molecule has 0 radical (unpaired) electrons. The number of hydrogen-bond donors (Lipinski definition) is 0. The molecule has 0 saturated heterocycles. The van der Waals surface area contributed by atoms with Gasteiger partial charge in [0.05, 0.1) is 0 Å². The lowest BCUT2D eigenvalue weighted by molar-refractivity contribution is -0.126. The molecule has 6 heteroatoms.